The molecule has 1 atom stereocenters. The van der Waals surface area contributed by atoms with Crippen molar-refractivity contribution in [2.45, 2.75) is 13.0 Å². The fraction of sp³-hybridized carbons (Fsp3) is 0.227. The van der Waals surface area contributed by atoms with Crippen LogP contribution < -0.4 is 10.6 Å². The SMILES string of the molecule is C[C@H]1CN(C(=O)c2ccc(Nc3nccc(-c4ccc(Cl)cc4)n3)cc2)CCN1. The maximum absolute atomic E-state index is 12.7. The maximum Gasteiger partial charge on any atom is 0.253 e. The minimum Gasteiger partial charge on any atom is -0.336 e. The van der Waals surface area contributed by atoms with E-state index in [9.17, 15) is 4.79 Å². The van der Waals surface area contributed by atoms with E-state index in [4.69, 9.17) is 11.6 Å². The van der Waals surface area contributed by atoms with Crippen molar-refractivity contribution >= 4 is 29.1 Å². The van der Waals surface area contributed by atoms with Gasteiger partial charge in [0.2, 0.25) is 5.95 Å². The van der Waals surface area contributed by atoms with Gasteiger partial charge in [-0.25, -0.2) is 9.97 Å². The highest BCUT2D eigenvalue weighted by Crippen LogP contribution is 2.22. The van der Waals surface area contributed by atoms with Crippen molar-refractivity contribution in [1.29, 1.82) is 0 Å². The molecule has 0 radical (unpaired) electrons. The summed E-state index contributed by atoms with van der Waals surface area (Å²) >= 11 is 5.95. The van der Waals surface area contributed by atoms with Gasteiger partial charge in [0.05, 0.1) is 5.69 Å². The zero-order chi connectivity index (χ0) is 20.2. The molecule has 1 amide bonds. The number of carbonyl (C=O) groups is 1. The molecule has 29 heavy (non-hydrogen) atoms. The van der Waals surface area contributed by atoms with Crippen LogP contribution in [0, 0.1) is 0 Å². The molecule has 0 bridgehead atoms. The molecule has 2 heterocycles. The van der Waals surface area contributed by atoms with Gasteiger partial charge in [-0.05, 0) is 49.4 Å². The van der Waals surface area contributed by atoms with E-state index in [-0.39, 0.29) is 5.91 Å². The molecule has 1 saturated heterocycles. The summed E-state index contributed by atoms with van der Waals surface area (Å²) in [5.74, 6) is 0.554. The van der Waals surface area contributed by atoms with Gasteiger partial charge < -0.3 is 15.5 Å². The van der Waals surface area contributed by atoms with Crippen LogP contribution in [0.5, 0.6) is 0 Å². The number of amides is 1. The molecule has 0 spiro atoms. The summed E-state index contributed by atoms with van der Waals surface area (Å²) in [6.45, 7) is 4.37. The smallest absolute Gasteiger partial charge is 0.253 e. The zero-order valence-electron chi connectivity index (χ0n) is 16.1. The molecule has 1 aromatic heterocycles. The second-order valence-electron chi connectivity index (χ2n) is 7.08. The van der Waals surface area contributed by atoms with Gasteiger partial charge in [0.25, 0.3) is 5.91 Å². The molecule has 6 nitrogen and oxygen atoms in total. The van der Waals surface area contributed by atoms with Crippen molar-refractivity contribution in [2.75, 3.05) is 25.0 Å². The highest BCUT2D eigenvalue weighted by molar-refractivity contribution is 6.30. The lowest BCUT2D eigenvalue weighted by atomic mass is 10.1. The van der Waals surface area contributed by atoms with Crippen LogP contribution in [-0.2, 0) is 0 Å². The molecule has 0 saturated carbocycles. The molecule has 2 N–H and O–H groups in total. The van der Waals surface area contributed by atoms with Crippen molar-refractivity contribution in [3.63, 3.8) is 0 Å². The molecule has 148 valence electrons. The van der Waals surface area contributed by atoms with Crippen LogP contribution in [0.25, 0.3) is 11.3 Å². The molecule has 2 aromatic carbocycles. The monoisotopic (exact) mass is 407 g/mol. The fourth-order valence-electron chi connectivity index (χ4n) is 3.32. The number of halogens is 1. The summed E-state index contributed by atoms with van der Waals surface area (Å²) in [4.78, 5) is 23.4. The van der Waals surface area contributed by atoms with E-state index in [1.54, 1.807) is 6.20 Å². The Morgan fingerprint density at radius 2 is 1.90 bits per heavy atom. The van der Waals surface area contributed by atoms with Crippen molar-refractivity contribution in [2.24, 2.45) is 0 Å². The van der Waals surface area contributed by atoms with E-state index >= 15 is 0 Å². The maximum atomic E-state index is 12.7. The summed E-state index contributed by atoms with van der Waals surface area (Å²) in [6, 6.07) is 17.1. The average Bonchev–Trinajstić information content (AvgIpc) is 2.74. The molecule has 7 heteroatoms. The minimum absolute atomic E-state index is 0.0610. The van der Waals surface area contributed by atoms with Crippen LogP contribution in [-0.4, -0.2) is 46.5 Å². The number of nitrogens with zero attached hydrogens (tertiary/aromatic N) is 3. The lowest BCUT2D eigenvalue weighted by molar-refractivity contribution is 0.0709. The molecule has 0 aliphatic carbocycles. The number of nitrogens with one attached hydrogen (secondary N) is 2. The third kappa shape index (κ3) is 4.72. The van der Waals surface area contributed by atoms with E-state index < -0.39 is 0 Å². The van der Waals surface area contributed by atoms with E-state index in [0.717, 1.165) is 36.6 Å². The topological polar surface area (TPSA) is 70.2 Å². The number of carbonyl (C=O) groups excluding carboxylic acids is 1. The van der Waals surface area contributed by atoms with Gasteiger partial charge in [-0.3, -0.25) is 4.79 Å². The first kappa shape index (κ1) is 19.4. The molecule has 1 fully saturated rings. The zero-order valence-corrected chi connectivity index (χ0v) is 16.9. The number of piperazine rings is 1. The molecular weight excluding hydrogens is 386 g/mol. The molecule has 4 rings (SSSR count). The Bertz CT molecular complexity index is 991. The van der Waals surface area contributed by atoms with E-state index in [1.165, 1.54) is 0 Å². The van der Waals surface area contributed by atoms with E-state index in [2.05, 4.69) is 27.5 Å². The summed E-state index contributed by atoms with van der Waals surface area (Å²) in [5, 5.41) is 7.23. The second-order valence-corrected chi connectivity index (χ2v) is 7.52. The first-order chi connectivity index (χ1) is 14.1. The van der Waals surface area contributed by atoms with Gasteiger partial charge in [-0.1, -0.05) is 23.7 Å². The number of aromatic nitrogens is 2. The Morgan fingerprint density at radius 3 is 2.62 bits per heavy atom. The van der Waals surface area contributed by atoms with Gasteiger partial charge in [-0.2, -0.15) is 0 Å². The summed E-state index contributed by atoms with van der Waals surface area (Å²) < 4.78 is 0. The summed E-state index contributed by atoms with van der Waals surface area (Å²) in [7, 11) is 0. The van der Waals surface area contributed by atoms with Crippen molar-refractivity contribution in [3.05, 3.63) is 71.4 Å². The summed E-state index contributed by atoms with van der Waals surface area (Å²) in [5.41, 5.74) is 3.27. The van der Waals surface area contributed by atoms with Crippen LogP contribution in [0.2, 0.25) is 5.02 Å². The van der Waals surface area contributed by atoms with Crippen molar-refractivity contribution in [1.82, 2.24) is 20.2 Å². The molecule has 3 aromatic rings. The van der Waals surface area contributed by atoms with Gasteiger partial charge >= 0.3 is 0 Å². The van der Waals surface area contributed by atoms with Gasteiger partial charge in [-0.15, -0.1) is 0 Å². The third-order valence-corrected chi connectivity index (χ3v) is 5.09. The quantitative estimate of drug-likeness (QED) is 0.684. The van der Waals surface area contributed by atoms with Crippen LogP contribution in [0.15, 0.2) is 60.8 Å². The van der Waals surface area contributed by atoms with Gasteiger partial charge in [0.15, 0.2) is 0 Å². The van der Waals surface area contributed by atoms with Crippen LogP contribution in [0.3, 0.4) is 0 Å². The van der Waals surface area contributed by atoms with Crippen LogP contribution >= 0.6 is 11.6 Å². The van der Waals surface area contributed by atoms with Crippen molar-refractivity contribution in [3.8, 4) is 11.3 Å². The lowest BCUT2D eigenvalue weighted by Gasteiger charge is -2.32. The standard InChI is InChI=1S/C22H22ClN5O/c1-15-14-28(13-12-24-15)21(29)17-4-8-19(9-5-17)26-22-25-11-10-20(27-22)16-2-6-18(23)7-3-16/h2-11,15,24H,12-14H2,1H3,(H,25,26,27)/t15-/m0/s1. The van der Waals surface area contributed by atoms with E-state index in [1.807, 2.05) is 59.5 Å². The summed E-state index contributed by atoms with van der Waals surface area (Å²) in [6.07, 6.45) is 1.71. The van der Waals surface area contributed by atoms with Crippen LogP contribution in [0.1, 0.15) is 17.3 Å². The minimum atomic E-state index is 0.0610. The number of hydrogen-bond donors (Lipinski definition) is 2. The second kappa shape index (κ2) is 8.59. The lowest BCUT2D eigenvalue weighted by Crippen LogP contribution is -2.51. The molecule has 0 unspecified atom stereocenters. The predicted octanol–water partition coefficient (Wildman–Crippen LogP) is 3.97. The van der Waals surface area contributed by atoms with Crippen LogP contribution in [0.4, 0.5) is 11.6 Å². The number of anilines is 2. The predicted molar refractivity (Wildman–Crippen MR) is 116 cm³/mol. The third-order valence-electron chi connectivity index (χ3n) is 4.84. The molecular formula is C22H22ClN5O. The Morgan fingerprint density at radius 1 is 1.14 bits per heavy atom. The van der Waals surface area contributed by atoms with Gasteiger partial charge in [0.1, 0.15) is 0 Å². The Labute approximate surface area is 174 Å². The molecule has 1 aliphatic rings. The first-order valence-corrected chi connectivity index (χ1v) is 9.95. The Hall–Kier alpha value is -2.96. The normalized spacial score (nSPS) is 16.5. The number of hydrogen-bond acceptors (Lipinski definition) is 5. The highest BCUT2D eigenvalue weighted by Gasteiger charge is 2.21. The average molecular weight is 408 g/mol. The van der Waals surface area contributed by atoms with Crippen molar-refractivity contribution < 1.29 is 4.79 Å². The Kier molecular flexibility index (Phi) is 5.74. The first-order valence-electron chi connectivity index (χ1n) is 9.57. The van der Waals surface area contributed by atoms with Gasteiger partial charge in [0, 0.05) is 53.7 Å². The molecule has 1 aliphatic heterocycles. The highest BCUT2D eigenvalue weighted by atomic mass is 35.5. The largest absolute Gasteiger partial charge is 0.336 e. The fourth-order valence-corrected chi connectivity index (χ4v) is 3.45. The number of rotatable bonds is 4. The Balaban J connectivity index is 1.45. The number of benzene rings is 2. The van der Waals surface area contributed by atoms with E-state index in [0.29, 0.717) is 22.6 Å².